The first-order chi connectivity index (χ1) is 8.13. The van der Waals surface area contributed by atoms with Crippen molar-refractivity contribution in [3.05, 3.63) is 29.8 Å². The lowest BCUT2D eigenvalue weighted by Crippen LogP contribution is -2.41. The minimum absolute atomic E-state index is 0.123. The van der Waals surface area contributed by atoms with Gasteiger partial charge in [-0.25, -0.2) is 0 Å². The molecule has 3 nitrogen and oxygen atoms in total. The van der Waals surface area contributed by atoms with E-state index in [0.29, 0.717) is 13.0 Å². The van der Waals surface area contributed by atoms with E-state index in [2.05, 4.69) is 30.4 Å². The predicted octanol–water partition coefficient (Wildman–Crippen LogP) is 2.76. The third kappa shape index (κ3) is 2.78. The molecule has 0 bridgehead atoms. The second-order valence-electron chi connectivity index (χ2n) is 4.82. The summed E-state index contributed by atoms with van der Waals surface area (Å²) in [6.45, 7) is 4.37. The van der Waals surface area contributed by atoms with Gasteiger partial charge in [-0.15, -0.1) is 0 Å². The van der Waals surface area contributed by atoms with Crippen molar-refractivity contribution in [3.8, 4) is 0 Å². The second-order valence-corrected chi connectivity index (χ2v) is 4.82. The number of aryl methyl sites for hydroxylation is 1. The Bertz CT molecular complexity index is 416. The summed E-state index contributed by atoms with van der Waals surface area (Å²) in [5, 5.41) is 3.46. The number of carbonyl (C=O) groups excluding carboxylic acids is 1. The number of benzene rings is 1. The van der Waals surface area contributed by atoms with E-state index in [1.54, 1.807) is 0 Å². The van der Waals surface area contributed by atoms with Crippen LogP contribution in [0.3, 0.4) is 0 Å². The molecule has 1 aliphatic rings. The van der Waals surface area contributed by atoms with Crippen LogP contribution in [0.25, 0.3) is 0 Å². The first kappa shape index (κ1) is 12.0. The zero-order valence-electron chi connectivity index (χ0n) is 10.5. The summed E-state index contributed by atoms with van der Waals surface area (Å²) >= 11 is 0. The maximum absolute atomic E-state index is 11.6. The molecule has 17 heavy (non-hydrogen) atoms. The zero-order valence-corrected chi connectivity index (χ0v) is 10.5. The highest BCUT2D eigenvalue weighted by Crippen LogP contribution is 2.32. The molecule has 1 N–H and O–H groups in total. The molecule has 3 heteroatoms. The van der Waals surface area contributed by atoms with Crippen molar-refractivity contribution in [2.24, 2.45) is 0 Å². The van der Waals surface area contributed by atoms with E-state index in [9.17, 15) is 4.79 Å². The molecule has 0 saturated heterocycles. The van der Waals surface area contributed by atoms with Gasteiger partial charge in [0.1, 0.15) is 0 Å². The summed E-state index contributed by atoms with van der Waals surface area (Å²) in [6, 6.07) is 8.26. The Morgan fingerprint density at radius 1 is 1.47 bits per heavy atom. The third-order valence-corrected chi connectivity index (χ3v) is 3.24. The Morgan fingerprint density at radius 3 is 3.00 bits per heavy atom. The molecular formula is C14H19NO2. The highest BCUT2D eigenvalue weighted by atomic mass is 16.5. The van der Waals surface area contributed by atoms with Crippen molar-refractivity contribution >= 4 is 11.7 Å². The zero-order chi connectivity index (χ0) is 12.3. The topological polar surface area (TPSA) is 38.3 Å². The van der Waals surface area contributed by atoms with Gasteiger partial charge >= 0.3 is 5.97 Å². The van der Waals surface area contributed by atoms with Crippen molar-refractivity contribution in [2.45, 2.75) is 38.6 Å². The third-order valence-electron chi connectivity index (χ3n) is 3.24. The molecule has 0 spiro atoms. The molecule has 92 valence electrons. The lowest BCUT2D eigenvalue weighted by Gasteiger charge is -2.36. The Kier molecular flexibility index (Phi) is 3.36. The van der Waals surface area contributed by atoms with E-state index in [1.165, 1.54) is 5.56 Å². The number of hydrogen-bond acceptors (Lipinski definition) is 3. The smallest absolute Gasteiger partial charge is 0.308 e. The number of rotatable bonds is 3. The average molecular weight is 233 g/mol. The van der Waals surface area contributed by atoms with Crippen molar-refractivity contribution in [3.63, 3.8) is 0 Å². The molecule has 2 rings (SSSR count). The van der Waals surface area contributed by atoms with Gasteiger partial charge in [0.05, 0.1) is 13.0 Å². The lowest BCUT2D eigenvalue weighted by molar-refractivity contribution is -0.144. The first-order valence-electron chi connectivity index (χ1n) is 6.15. The van der Waals surface area contributed by atoms with Crippen LogP contribution < -0.4 is 5.32 Å². The van der Waals surface area contributed by atoms with Gasteiger partial charge in [-0.2, -0.15) is 0 Å². The van der Waals surface area contributed by atoms with E-state index >= 15 is 0 Å². The number of hydrogen-bond donors (Lipinski definition) is 1. The number of para-hydroxylation sites is 1. The molecule has 0 saturated carbocycles. The lowest BCUT2D eigenvalue weighted by atomic mass is 9.85. The molecule has 1 atom stereocenters. The fraction of sp³-hybridized carbons (Fsp3) is 0.500. The van der Waals surface area contributed by atoms with Crippen LogP contribution in [0.15, 0.2) is 24.3 Å². The number of esters is 1. The molecular weight excluding hydrogens is 214 g/mol. The summed E-state index contributed by atoms with van der Waals surface area (Å²) in [5.41, 5.74) is 2.29. The standard InChI is InChI=1S/C14H19NO2/c1-3-17-13(16)10-14(2)9-8-11-6-4-5-7-12(11)15-14/h4-7,15H,3,8-10H2,1-2H3/t14-/m0/s1. The van der Waals surface area contributed by atoms with Gasteiger partial charge in [-0.3, -0.25) is 4.79 Å². The number of ether oxygens (including phenoxy) is 1. The first-order valence-corrected chi connectivity index (χ1v) is 6.15. The van der Waals surface area contributed by atoms with E-state index in [1.807, 2.05) is 13.0 Å². The van der Waals surface area contributed by atoms with Crippen LogP contribution in [-0.2, 0) is 16.0 Å². The predicted molar refractivity (Wildman–Crippen MR) is 68.0 cm³/mol. The molecule has 0 aromatic heterocycles. The number of anilines is 1. The molecule has 0 fully saturated rings. The fourth-order valence-electron chi connectivity index (χ4n) is 2.32. The van der Waals surface area contributed by atoms with Gasteiger partial charge in [0, 0.05) is 11.2 Å². The van der Waals surface area contributed by atoms with Crippen LogP contribution in [0, 0.1) is 0 Å². The highest BCUT2D eigenvalue weighted by Gasteiger charge is 2.31. The van der Waals surface area contributed by atoms with Crippen LogP contribution in [0.4, 0.5) is 5.69 Å². The van der Waals surface area contributed by atoms with Crippen molar-refractivity contribution < 1.29 is 9.53 Å². The van der Waals surface area contributed by atoms with Crippen LogP contribution >= 0.6 is 0 Å². The normalized spacial score (nSPS) is 22.5. The Balaban J connectivity index is 2.07. The van der Waals surface area contributed by atoms with Crippen LogP contribution in [0.2, 0.25) is 0 Å². The van der Waals surface area contributed by atoms with E-state index in [-0.39, 0.29) is 11.5 Å². The number of nitrogens with one attached hydrogen (secondary N) is 1. The molecule has 0 aliphatic carbocycles. The van der Waals surface area contributed by atoms with Gasteiger partial charge < -0.3 is 10.1 Å². The molecule has 1 aliphatic heterocycles. The Hall–Kier alpha value is -1.51. The van der Waals surface area contributed by atoms with Gasteiger partial charge in [-0.05, 0) is 38.3 Å². The summed E-state index contributed by atoms with van der Waals surface area (Å²) < 4.78 is 5.02. The summed E-state index contributed by atoms with van der Waals surface area (Å²) in [6.07, 6.45) is 2.40. The number of carbonyl (C=O) groups is 1. The summed E-state index contributed by atoms with van der Waals surface area (Å²) in [5.74, 6) is -0.123. The summed E-state index contributed by atoms with van der Waals surface area (Å²) in [7, 11) is 0. The molecule has 0 unspecified atom stereocenters. The number of fused-ring (bicyclic) bond motifs is 1. The van der Waals surface area contributed by atoms with Crippen LogP contribution in [-0.4, -0.2) is 18.1 Å². The second kappa shape index (κ2) is 4.78. The summed E-state index contributed by atoms with van der Waals surface area (Å²) in [4.78, 5) is 11.6. The minimum Gasteiger partial charge on any atom is -0.466 e. The van der Waals surface area contributed by atoms with Crippen molar-refractivity contribution in [2.75, 3.05) is 11.9 Å². The molecule has 1 aromatic carbocycles. The van der Waals surface area contributed by atoms with Crippen LogP contribution in [0.5, 0.6) is 0 Å². The SMILES string of the molecule is CCOC(=O)C[C@]1(C)CCc2ccccc2N1. The molecule has 0 radical (unpaired) electrons. The van der Waals surface area contributed by atoms with Crippen molar-refractivity contribution in [1.29, 1.82) is 0 Å². The largest absolute Gasteiger partial charge is 0.466 e. The monoisotopic (exact) mass is 233 g/mol. The van der Waals surface area contributed by atoms with Crippen molar-refractivity contribution in [1.82, 2.24) is 0 Å². The van der Waals surface area contributed by atoms with Gasteiger partial charge in [0.25, 0.3) is 0 Å². The van der Waals surface area contributed by atoms with E-state index < -0.39 is 0 Å². The average Bonchev–Trinajstić information content (AvgIpc) is 2.28. The molecule has 1 heterocycles. The fourth-order valence-corrected chi connectivity index (χ4v) is 2.32. The maximum atomic E-state index is 11.6. The van der Waals surface area contributed by atoms with E-state index in [0.717, 1.165) is 18.5 Å². The Morgan fingerprint density at radius 2 is 2.24 bits per heavy atom. The van der Waals surface area contributed by atoms with Gasteiger partial charge in [0.2, 0.25) is 0 Å². The van der Waals surface area contributed by atoms with Crippen LogP contribution in [0.1, 0.15) is 32.3 Å². The quantitative estimate of drug-likeness (QED) is 0.816. The van der Waals surface area contributed by atoms with Gasteiger partial charge in [0.15, 0.2) is 0 Å². The maximum Gasteiger partial charge on any atom is 0.308 e. The molecule has 1 aromatic rings. The Labute approximate surface area is 102 Å². The molecule has 0 amide bonds. The van der Waals surface area contributed by atoms with E-state index in [4.69, 9.17) is 4.74 Å². The minimum atomic E-state index is -0.180. The highest BCUT2D eigenvalue weighted by molar-refractivity contribution is 5.72. The van der Waals surface area contributed by atoms with Gasteiger partial charge in [-0.1, -0.05) is 18.2 Å².